The van der Waals surface area contributed by atoms with E-state index in [1.54, 1.807) is 0 Å². The second-order valence-electron chi connectivity index (χ2n) is 7.47. The number of amides is 1. The molecule has 0 aliphatic carbocycles. The fourth-order valence-electron chi connectivity index (χ4n) is 3.18. The first kappa shape index (κ1) is 26.9. The van der Waals surface area contributed by atoms with Gasteiger partial charge in [0.15, 0.2) is 0 Å². The van der Waals surface area contributed by atoms with Crippen LogP contribution in [0.5, 0.6) is 0 Å². The first-order valence-electron chi connectivity index (χ1n) is 10.8. The predicted molar refractivity (Wildman–Crippen MR) is 111 cm³/mol. The van der Waals surface area contributed by atoms with E-state index in [0.29, 0.717) is 6.42 Å². The molecule has 0 rings (SSSR count). The average molecular weight is 422 g/mol. The molecule has 1 amide bonds. The second kappa shape index (κ2) is 16.8. The van der Waals surface area contributed by atoms with Gasteiger partial charge >= 0.3 is 5.97 Å². The molecule has 166 valence electrons. The number of aliphatic carboxylic acids is 1. The molecule has 0 aromatic heterocycles. The molecule has 0 radical (unpaired) electrons. The van der Waals surface area contributed by atoms with Crippen LogP contribution in [0.3, 0.4) is 0 Å². The predicted octanol–water partition coefficient (Wildman–Crippen LogP) is 4.32. The van der Waals surface area contributed by atoms with E-state index < -0.39 is 27.2 Å². The van der Waals surface area contributed by atoms with Crippen LogP contribution in [-0.4, -0.2) is 41.7 Å². The molecule has 1 unspecified atom stereocenters. The Kier molecular flexibility index (Phi) is 16.1. The van der Waals surface area contributed by atoms with Gasteiger partial charge in [-0.25, -0.2) is 0 Å². The summed E-state index contributed by atoms with van der Waals surface area (Å²) in [5, 5.41) is 8.52. The van der Waals surface area contributed by atoms with E-state index in [0.717, 1.165) is 19.3 Å². The highest BCUT2D eigenvalue weighted by molar-refractivity contribution is 7.88. The zero-order valence-corrected chi connectivity index (χ0v) is 18.1. The van der Waals surface area contributed by atoms with E-state index in [1.165, 1.54) is 70.6 Å². The van der Waals surface area contributed by atoms with E-state index in [9.17, 15) is 18.0 Å². The zero-order valence-electron chi connectivity index (χ0n) is 17.3. The van der Waals surface area contributed by atoms with E-state index >= 15 is 0 Å². The van der Waals surface area contributed by atoms with Crippen molar-refractivity contribution >= 4 is 22.0 Å². The Balaban J connectivity index is 3.46. The van der Waals surface area contributed by atoms with E-state index in [4.69, 9.17) is 9.66 Å². The van der Waals surface area contributed by atoms with Crippen LogP contribution in [0, 0.1) is 0 Å². The molecule has 0 heterocycles. The Hall–Kier alpha value is -1.15. The summed E-state index contributed by atoms with van der Waals surface area (Å²) in [5.74, 6) is -3.07. The summed E-state index contributed by atoms with van der Waals surface area (Å²) in [7, 11) is -4.95. The highest BCUT2D eigenvalue weighted by Crippen LogP contribution is 2.13. The van der Waals surface area contributed by atoms with Crippen molar-refractivity contribution in [2.24, 2.45) is 0 Å². The number of hydrogen-bond acceptors (Lipinski definition) is 4. The van der Waals surface area contributed by atoms with Crippen LogP contribution < -0.4 is 5.32 Å². The number of hydrogen-bond donors (Lipinski definition) is 3. The Morgan fingerprint density at radius 2 is 1.11 bits per heavy atom. The molecule has 0 saturated heterocycles. The number of carbonyl (C=O) groups is 2. The van der Waals surface area contributed by atoms with Gasteiger partial charge < -0.3 is 10.4 Å². The van der Waals surface area contributed by atoms with Crippen LogP contribution in [0.4, 0.5) is 0 Å². The van der Waals surface area contributed by atoms with Gasteiger partial charge in [-0.2, -0.15) is 8.42 Å². The molecular formula is C20H39NO6S. The Morgan fingerprint density at radius 1 is 0.750 bits per heavy atom. The van der Waals surface area contributed by atoms with Crippen molar-refractivity contribution < 1.29 is 27.7 Å². The molecule has 0 aromatic rings. The van der Waals surface area contributed by atoms with E-state index in [1.807, 2.05) is 0 Å². The molecule has 8 heteroatoms. The minimum atomic E-state index is -4.95. The fourth-order valence-corrected chi connectivity index (χ4v) is 3.78. The van der Waals surface area contributed by atoms with Gasteiger partial charge in [0.25, 0.3) is 21.3 Å². The summed E-state index contributed by atoms with van der Waals surface area (Å²) in [6.45, 7) is 2.44. The summed E-state index contributed by atoms with van der Waals surface area (Å²) in [4.78, 5) is 22.3. The van der Waals surface area contributed by atoms with Crippen LogP contribution in [0.15, 0.2) is 0 Å². The first-order valence-corrected chi connectivity index (χ1v) is 12.3. The normalized spacial score (nSPS) is 12.6. The van der Waals surface area contributed by atoms with Gasteiger partial charge in [0, 0.05) is 6.54 Å². The third kappa shape index (κ3) is 14.9. The SMILES string of the molecule is CCCCCCCCCCCCCCCCCNC(=O)C(C(=O)O)S(=O)(=O)O. The van der Waals surface area contributed by atoms with Crippen LogP contribution in [0.25, 0.3) is 0 Å². The van der Waals surface area contributed by atoms with Crippen LogP contribution in [-0.2, 0) is 19.7 Å². The molecule has 0 saturated carbocycles. The quantitative estimate of drug-likeness (QED) is 0.162. The smallest absolute Gasteiger partial charge is 0.334 e. The number of carboxylic acid groups (broad SMARTS) is 1. The maximum Gasteiger partial charge on any atom is 0.334 e. The molecular weight excluding hydrogens is 382 g/mol. The Bertz CT molecular complexity index is 521. The van der Waals surface area contributed by atoms with Crippen LogP contribution in [0.1, 0.15) is 103 Å². The monoisotopic (exact) mass is 421 g/mol. The molecule has 0 fully saturated rings. The van der Waals surface area contributed by atoms with Crippen molar-refractivity contribution in [2.75, 3.05) is 6.54 Å². The third-order valence-electron chi connectivity index (χ3n) is 4.84. The number of carbonyl (C=O) groups excluding carboxylic acids is 1. The van der Waals surface area contributed by atoms with Gasteiger partial charge in [0.2, 0.25) is 0 Å². The number of rotatable bonds is 19. The number of unbranched alkanes of at least 4 members (excludes halogenated alkanes) is 14. The molecule has 0 spiro atoms. The fraction of sp³-hybridized carbons (Fsp3) is 0.900. The number of carboxylic acids is 1. The van der Waals surface area contributed by atoms with E-state index in [2.05, 4.69) is 12.2 Å². The molecule has 0 aliphatic heterocycles. The molecule has 3 N–H and O–H groups in total. The third-order valence-corrected chi connectivity index (χ3v) is 5.85. The standard InChI is InChI=1S/C20H39NO6S/c1-2-3-4-5-6-7-8-9-10-11-12-13-14-15-16-17-21-19(22)18(20(23)24)28(25,26)27/h18H,2-17H2,1H3,(H,21,22)(H,23,24)(H,25,26,27). The highest BCUT2D eigenvalue weighted by Gasteiger charge is 2.38. The summed E-state index contributed by atoms with van der Waals surface area (Å²) in [5.41, 5.74) is 0. The van der Waals surface area contributed by atoms with Crippen molar-refractivity contribution in [1.82, 2.24) is 5.32 Å². The molecule has 0 aliphatic rings. The summed E-state index contributed by atoms with van der Waals surface area (Å²) >= 11 is 0. The van der Waals surface area contributed by atoms with Crippen molar-refractivity contribution in [1.29, 1.82) is 0 Å². The van der Waals surface area contributed by atoms with Crippen molar-refractivity contribution in [3.8, 4) is 0 Å². The van der Waals surface area contributed by atoms with E-state index in [-0.39, 0.29) is 6.54 Å². The topological polar surface area (TPSA) is 121 Å². The van der Waals surface area contributed by atoms with Gasteiger partial charge in [-0.05, 0) is 6.42 Å². The highest BCUT2D eigenvalue weighted by atomic mass is 32.2. The number of nitrogens with one attached hydrogen (secondary N) is 1. The minimum Gasteiger partial charge on any atom is -0.480 e. The van der Waals surface area contributed by atoms with Crippen molar-refractivity contribution in [2.45, 2.75) is 108 Å². The van der Waals surface area contributed by atoms with Crippen molar-refractivity contribution in [3.05, 3.63) is 0 Å². The Labute approximate surface area is 170 Å². The largest absolute Gasteiger partial charge is 0.480 e. The summed E-state index contributed by atoms with van der Waals surface area (Å²) < 4.78 is 30.6. The lowest BCUT2D eigenvalue weighted by atomic mass is 10.0. The van der Waals surface area contributed by atoms with Gasteiger partial charge in [0.05, 0.1) is 0 Å². The van der Waals surface area contributed by atoms with Gasteiger partial charge in [-0.15, -0.1) is 0 Å². The lowest BCUT2D eigenvalue weighted by molar-refractivity contribution is -0.140. The summed E-state index contributed by atoms with van der Waals surface area (Å²) in [6, 6.07) is 0. The first-order chi connectivity index (χ1) is 13.3. The van der Waals surface area contributed by atoms with Crippen LogP contribution >= 0.6 is 0 Å². The zero-order chi connectivity index (χ0) is 21.3. The van der Waals surface area contributed by atoms with Crippen molar-refractivity contribution in [3.63, 3.8) is 0 Å². The minimum absolute atomic E-state index is 0.205. The molecule has 7 nitrogen and oxygen atoms in total. The van der Waals surface area contributed by atoms with Crippen LogP contribution in [0.2, 0.25) is 0 Å². The summed E-state index contributed by atoms with van der Waals surface area (Å²) in [6.07, 6.45) is 18.3. The molecule has 0 bridgehead atoms. The lowest BCUT2D eigenvalue weighted by Crippen LogP contribution is -2.45. The lowest BCUT2D eigenvalue weighted by Gasteiger charge is -2.10. The Morgan fingerprint density at radius 3 is 1.43 bits per heavy atom. The van der Waals surface area contributed by atoms with Gasteiger partial charge in [0.1, 0.15) is 0 Å². The maximum absolute atomic E-state index is 11.5. The van der Waals surface area contributed by atoms with Gasteiger partial charge in [-0.3, -0.25) is 14.1 Å². The molecule has 28 heavy (non-hydrogen) atoms. The molecule has 1 atom stereocenters. The molecule has 0 aromatic carbocycles. The maximum atomic E-state index is 11.5. The average Bonchev–Trinajstić information content (AvgIpc) is 2.59. The second-order valence-corrected chi connectivity index (χ2v) is 8.98. The van der Waals surface area contributed by atoms with Gasteiger partial charge in [-0.1, -0.05) is 96.8 Å².